The lowest BCUT2D eigenvalue weighted by atomic mass is 9.75. The van der Waals surface area contributed by atoms with Gasteiger partial charge in [-0.2, -0.15) is 0 Å². The number of methoxy groups -OCH3 is 2. The van der Waals surface area contributed by atoms with Crippen molar-refractivity contribution in [2.24, 2.45) is 0 Å². The molecule has 1 aromatic rings. The Balaban J connectivity index is 3.60. The van der Waals surface area contributed by atoms with Gasteiger partial charge in [0.05, 0.1) is 14.2 Å². The molecule has 0 amide bonds. The SMILES string of the molecule is COC(=O)C(CC=O)(C(=O)OC)c1ccc(C)cc1C. The molecule has 0 radical (unpaired) electrons. The number of carbonyl (C=O) groups is 3. The lowest BCUT2D eigenvalue weighted by Crippen LogP contribution is -2.46. The molecule has 5 heteroatoms. The summed E-state index contributed by atoms with van der Waals surface area (Å²) in [4.78, 5) is 35.4. The van der Waals surface area contributed by atoms with Crippen LogP contribution in [-0.2, 0) is 29.3 Å². The van der Waals surface area contributed by atoms with Crippen molar-refractivity contribution in [1.82, 2.24) is 0 Å². The largest absolute Gasteiger partial charge is 0.468 e. The van der Waals surface area contributed by atoms with E-state index in [4.69, 9.17) is 9.47 Å². The van der Waals surface area contributed by atoms with E-state index in [1.807, 2.05) is 13.0 Å². The highest BCUT2D eigenvalue weighted by Crippen LogP contribution is 2.33. The van der Waals surface area contributed by atoms with Crippen molar-refractivity contribution in [3.05, 3.63) is 34.9 Å². The molecule has 0 saturated heterocycles. The Bertz CT molecular complexity index is 517. The second-order valence-corrected chi connectivity index (χ2v) is 4.58. The molecule has 5 nitrogen and oxygen atoms in total. The summed E-state index contributed by atoms with van der Waals surface area (Å²) >= 11 is 0. The van der Waals surface area contributed by atoms with Crippen LogP contribution in [0.4, 0.5) is 0 Å². The molecule has 0 saturated carbocycles. The quantitative estimate of drug-likeness (QED) is 0.463. The Hall–Kier alpha value is -2.17. The van der Waals surface area contributed by atoms with Gasteiger partial charge in [0.25, 0.3) is 0 Å². The molecule has 0 atom stereocenters. The van der Waals surface area contributed by atoms with Gasteiger partial charge in [0.1, 0.15) is 6.29 Å². The van der Waals surface area contributed by atoms with E-state index >= 15 is 0 Å². The maximum absolute atomic E-state index is 12.2. The molecule has 0 aliphatic carbocycles. The van der Waals surface area contributed by atoms with Gasteiger partial charge in [0.2, 0.25) is 0 Å². The number of aldehydes is 1. The number of benzene rings is 1. The summed E-state index contributed by atoms with van der Waals surface area (Å²) < 4.78 is 9.46. The Morgan fingerprint density at radius 2 is 1.70 bits per heavy atom. The minimum absolute atomic E-state index is 0.323. The van der Waals surface area contributed by atoms with Crippen LogP contribution < -0.4 is 0 Å². The summed E-state index contributed by atoms with van der Waals surface area (Å²) in [5.41, 5.74) is 0.390. The van der Waals surface area contributed by atoms with Gasteiger partial charge in [-0.15, -0.1) is 0 Å². The van der Waals surface area contributed by atoms with Crippen molar-refractivity contribution in [1.29, 1.82) is 0 Å². The average Bonchev–Trinajstić information content (AvgIpc) is 2.43. The molecule has 0 unspecified atom stereocenters. The first-order chi connectivity index (χ1) is 9.43. The van der Waals surface area contributed by atoms with E-state index in [9.17, 15) is 14.4 Å². The van der Waals surface area contributed by atoms with Crippen molar-refractivity contribution in [2.75, 3.05) is 14.2 Å². The highest BCUT2D eigenvalue weighted by atomic mass is 16.5. The molecule has 0 fully saturated rings. The normalized spacial score (nSPS) is 10.8. The third-order valence-electron chi connectivity index (χ3n) is 3.30. The molecular formula is C15H18O5. The van der Waals surface area contributed by atoms with Crippen LogP contribution in [0.15, 0.2) is 18.2 Å². The van der Waals surface area contributed by atoms with E-state index in [0.717, 1.165) is 11.1 Å². The second-order valence-electron chi connectivity index (χ2n) is 4.58. The molecule has 1 rings (SSSR count). The van der Waals surface area contributed by atoms with Crippen LogP contribution >= 0.6 is 0 Å². The fraction of sp³-hybridized carbons (Fsp3) is 0.400. The summed E-state index contributed by atoms with van der Waals surface area (Å²) in [6.45, 7) is 3.67. The summed E-state index contributed by atoms with van der Waals surface area (Å²) in [5, 5.41) is 0. The van der Waals surface area contributed by atoms with Gasteiger partial charge in [-0.3, -0.25) is 9.59 Å². The van der Waals surface area contributed by atoms with Crippen molar-refractivity contribution in [3.8, 4) is 0 Å². The van der Waals surface area contributed by atoms with Gasteiger partial charge in [0, 0.05) is 6.42 Å². The predicted octanol–water partition coefficient (Wildman–Crippen LogP) is 1.48. The number of aryl methyl sites for hydroxylation is 2. The van der Waals surface area contributed by atoms with E-state index in [0.29, 0.717) is 11.8 Å². The average molecular weight is 278 g/mol. The van der Waals surface area contributed by atoms with Gasteiger partial charge in [-0.1, -0.05) is 23.8 Å². The lowest BCUT2D eigenvalue weighted by Gasteiger charge is -2.28. The monoisotopic (exact) mass is 278 g/mol. The molecule has 0 heterocycles. The summed E-state index contributed by atoms with van der Waals surface area (Å²) in [7, 11) is 2.35. The molecular weight excluding hydrogens is 260 g/mol. The first-order valence-corrected chi connectivity index (χ1v) is 6.12. The summed E-state index contributed by atoms with van der Waals surface area (Å²) in [6.07, 6.45) is 0.198. The summed E-state index contributed by atoms with van der Waals surface area (Å²) in [5.74, 6) is -1.60. The van der Waals surface area contributed by atoms with Crippen LogP contribution in [0, 0.1) is 13.8 Å². The zero-order valence-electron chi connectivity index (χ0n) is 12.1. The molecule has 108 valence electrons. The van der Waals surface area contributed by atoms with Crippen molar-refractivity contribution in [3.63, 3.8) is 0 Å². The Morgan fingerprint density at radius 3 is 2.10 bits per heavy atom. The molecule has 0 spiro atoms. The fourth-order valence-electron chi connectivity index (χ4n) is 2.35. The van der Waals surface area contributed by atoms with E-state index in [2.05, 4.69) is 0 Å². The molecule has 0 bridgehead atoms. The number of rotatable bonds is 5. The van der Waals surface area contributed by atoms with Crippen LogP contribution in [-0.4, -0.2) is 32.4 Å². The van der Waals surface area contributed by atoms with Crippen LogP contribution in [0.3, 0.4) is 0 Å². The van der Waals surface area contributed by atoms with Gasteiger partial charge < -0.3 is 14.3 Å². The number of hydrogen-bond acceptors (Lipinski definition) is 5. The number of ether oxygens (including phenoxy) is 2. The van der Waals surface area contributed by atoms with Crippen LogP contribution in [0.5, 0.6) is 0 Å². The Morgan fingerprint density at radius 1 is 1.15 bits per heavy atom. The maximum atomic E-state index is 12.2. The van der Waals surface area contributed by atoms with Crippen LogP contribution in [0.1, 0.15) is 23.1 Å². The summed E-state index contributed by atoms with van der Waals surface area (Å²) in [6, 6.07) is 5.26. The van der Waals surface area contributed by atoms with Gasteiger partial charge in [-0.25, -0.2) is 0 Å². The Kier molecular flexibility index (Phi) is 5.02. The van der Waals surface area contributed by atoms with E-state index in [1.165, 1.54) is 14.2 Å². The highest BCUT2D eigenvalue weighted by Gasteiger charge is 2.50. The molecule has 20 heavy (non-hydrogen) atoms. The smallest absolute Gasteiger partial charge is 0.328 e. The topological polar surface area (TPSA) is 69.7 Å². The van der Waals surface area contributed by atoms with Crippen molar-refractivity contribution < 1.29 is 23.9 Å². The van der Waals surface area contributed by atoms with Crippen LogP contribution in [0.25, 0.3) is 0 Å². The lowest BCUT2D eigenvalue weighted by molar-refractivity contribution is -0.163. The highest BCUT2D eigenvalue weighted by molar-refractivity contribution is 6.08. The first-order valence-electron chi connectivity index (χ1n) is 6.12. The molecule has 0 aromatic heterocycles. The minimum Gasteiger partial charge on any atom is -0.468 e. The van der Waals surface area contributed by atoms with Gasteiger partial charge >= 0.3 is 11.9 Å². The van der Waals surface area contributed by atoms with E-state index < -0.39 is 17.4 Å². The second kappa shape index (κ2) is 6.32. The fourth-order valence-corrected chi connectivity index (χ4v) is 2.35. The van der Waals surface area contributed by atoms with Crippen molar-refractivity contribution >= 4 is 18.2 Å². The number of carbonyl (C=O) groups excluding carboxylic acids is 3. The molecule has 0 aliphatic heterocycles. The molecule has 0 aliphatic rings. The number of hydrogen-bond donors (Lipinski definition) is 0. The molecule has 1 aromatic carbocycles. The maximum Gasteiger partial charge on any atom is 0.328 e. The molecule has 0 N–H and O–H groups in total. The zero-order valence-corrected chi connectivity index (χ0v) is 12.1. The standard InChI is InChI=1S/C15H18O5/c1-10-5-6-12(11(2)9-10)15(7-8-16,13(17)19-3)14(18)20-4/h5-6,8-9H,7H2,1-4H3. The minimum atomic E-state index is -1.75. The zero-order chi connectivity index (χ0) is 15.3. The Labute approximate surface area is 117 Å². The van der Waals surface area contributed by atoms with Crippen molar-refractivity contribution in [2.45, 2.75) is 25.7 Å². The predicted molar refractivity (Wildman–Crippen MR) is 72.3 cm³/mol. The van der Waals surface area contributed by atoms with Gasteiger partial charge in [0.15, 0.2) is 5.41 Å². The number of esters is 2. The van der Waals surface area contributed by atoms with Crippen LogP contribution in [0.2, 0.25) is 0 Å². The van der Waals surface area contributed by atoms with Gasteiger partial charge in [-0.05, 0) is 25.0 Å². The third-order valence-corrected chi connectivity index (χ3v) is 3.30. The van der Waals surface area contributed by atoms with E-state index in [1.54, 1.807) is 19.1 Å². The van der Waals surface area contributed by atoms with E-state index in [-0.39, 0.29) is 6.42 Å². The first kappa shape index (κ1) is 15.9. The third kappa shape index (κ3) is 2.57.